The smallest absolute Gasteiger partial charge is 0.410 e. The molecule has 0 spiro atoms. The van der Waals surface area contributed by atoms with Crippen molar-refractivity contribution in [2.75, 3.05) is 19.7 Å². The van der Waals surface area contributed by atoms with Crippen molar-refractivity contribution in [2.24, 2.45) is 5.41 Å². The quantitative estimate of drug-likeness (QED) is 0.842. The van der Waals surface area contributed by atoms with Crippen LogP contribution >= 0.6 is 0 Å². The van der Waals surface area contributed by atoms with Gasteiger partial charge in [-0.1, -0.05) is 30.3 Å². The average molecular weight is 352 g/mol. The van der Waals surface area contributed by atoms with Crippen LogP contribution in [0.25, 0.3) is 0 Å². The van der Waals surface area contributed by atoms with E-state index < -0.39 is 23.1 Å². The monoisotopic (exact) mass is 352 g/mol. The van der Waals surface area contributed by atoms with E-state index >= 15 is 0 Å². The third kappa shape index (κ3) is 5.72. The van der Waals surface area contributed by atoms with Crippen LogP contribution in [0.4, 0.5) is 4.79 Å². The lowest BCUT2D eigenvalue weighted by Crippen LogP contribution is -2.41. The molecule has 7 heteroatoms. The van der Waals surface area contributed by atoms with E-state index in [1.165, 1.54) is 4.90 Å². The first-order valence-electron chi connectivity index (χ1n) is 8.05. The van der Waals surface area contributed by atoms with Crippen LogP contribution in [0.2, 0.25) is 0 Å². The molecule has 0 saturated carbocycles. The molecule has 0 bridgehead atoms. The van der Waals surface area contributed by atoms with Crippen LogP contribution in [0, 0.1) is 5.41 Å². The second kappa shape index (κ2) is 8.31. The van der Waals surface area contributed by atoms with Gasteiger partial charge in [0.2, 0.25) is 0 Å². The van der Waals surface area contributed by atoms with Gasteiger partial charge >= 0.3 is 12.1 Å². The molecule has 0 aromatic heterocycles. The third-order valence-electron chi connectivity index (χ3n) is 3.95. The summed E-state index contributed by atoms with van der Waals surface area (Å²) in [7, 11) is 0. The molecule has 140 valence electrons. The number of carbonyl (C=O) groups excluding carboxylic acids is 1. The lowest BCUT2D eigenvalue weighted by molar-refractivity contribution is -0.152. The van der Waals surface area contributed by atoms with E-state index in [0.29, 0.717) is 19.6 Å². The van der Waals surface area contributed by atoms with Crippen molar-refractivity contribution < 1.29 is 24.2 Å². The molecule has 4 N–H and O–H groups in total. The minimum Gasteiger partial charge on any atom is -0.481 e. The molecule has 2 rings (SSSR count). The van der Waals surface area contributed by atoms with Gasteiger partial charge < -0.3 is 25.6 Å². The second-order valence-corrected chi connectivity index (χ2v) is 7.22. The molecule has 7 nitrogen and oxygen atoms in total. The van der Waals surface area contributed by atoms with Crippen LogP contribution in [-0.4, -0.2) is 47.4 Å². The summed E-state index contributed by atoms with van der Waals surface area (Å²) in [5.41, 5.74) is -0.693. The van der Waals surface area contributed by atoms with Crippen LogP contribution in [0.1, 0.15) is 32.8 Å². The summed E-state index contributed by atoms with van der Waals surface area (Å²) >= 11 is 0. The summed E-state index contributed by atoms with van der Waals surface area (Å²) in [6.45, 7) is 6.23. The minimum atomic E-state index is -1.08. The highest BCUT2D eigenvalue weighted by molar-refractivity contribution is 5.78. The number of carboxylic acids is 1. The number of nitrogens with zero attached hydrogens (tertiary/aromatic N) is 1. The zero-order valence-corrected chi connectivity index (χ0v) is 15.2. The number of rotatable bonds is 5. The van der Waals surface area contributed by atoms with Crippen LogP contribution in [0.3, 0.4) is 0 Å². The molecule has 1 aliphatic rings. The van der Waals surface area contributed by atoms with E-state index in [9.17, 15) is 14.7 Å². The number of carbonyl (C=O) groups is 2. The molecule has 1 heterocycles. The molecule has 1 amide bonds. The highest BCUT2D eigenvalue weighted by atomic mass is 16.6. The summed E-state index contributed by atoms with van der Waals surface area (Å²) in [6.07, 6.45) is -0.121. The van der Waals surface area contributed by atoms with Gasteiger partial charge in [0, 0.05) is 13.1 Å². The lowest BCUT2D eigenvalue weighted by atomic mass is 9.88. The van der Waals surface area contributed by atoms with Gasteiger partial charge in [0.15, 0.2) is 0 Å². The predicted octanol–water partition coefficient (Wildman–Crippen LogP) is 3.08. The summed E-state index contributed by atoms with van der Waals surface area (Å²) in [5, 5.41) is 9.63. The summed E-state index contributed by atoms with van der Waals surface area (Å²) in [4.78, 5) is 25.3. The Bertz CT molecular complexity index is 585. The van der Waals surface area contributed by atoms with Crippen molar-refractivity contribution in [3.63, 3.8) is 0 Å². The molecule has 0 radical (unpaired) electrons. The normalized spacial score (nSPS) is 20.0. The zero-order chi connectivity index (χ0) is 17.8. The number of ether oxygens (including phenoxy) is 2. The fourth-order valence-electron chi connectivity index (χ4n) is 2.65. The molecule has 1 aromatic rings. The molecular weight excluding hydrogens is 324 g/mol. The van der Waals surface area contributed by atoms with Crippen molar-refractivity contribution in [2.45, 2.75) is 39.4 Å². The van der Waals surface area contributed by atoms with E-state index in [1.807, 2.05) is 30.3 Å². The van der Waals surface area contributed by atoms with Crippen LogP contribution in [0.5, 0.6) is 0 Å². The first kappa shape index (κ1) is 20.9. The van der Waals surface area contributed by atoms with Gasteiger partial charge in [-0.3, -0.25) is 4.79 Å². The maximum atomic E-state index is 12.1. The van der Waals surface area contributed by atoms with E-state index in [-0.39, 0.29) is 19.3 Å². The molecule has 0 aliphatic carbocycles. The average Bonchev–Trinajstić information content (AvgIpc) is 2.93. The van der Waals surface area contributed by atoms with Gasteiger partial charge in [-0.2, -0.15) is 0 Å². The van der Waals surface area contributed by atoms with Crippen molar-refractivity contribution in [1.29, 1.82) is 0 Å². The van der Waals surface area contributed by atoms with Gasteiger partial charge in [-0.05, 0) is 32.8 Å². The number of likely N-dealkylation sites (tertiary alicyclic amines) is 1. The number of benzene rings is 1. The maximum absolute atomic E-state index is 12.1. The number of carboxylic acid groups (broad SMARTS) is 1. The maximum Gasteiger partial charge on any atom is 0.410 e. The molecule has 0 unspecified atom stereocenters. The van der Waals surface area contributed by atoms with Gasteiger partial charge in [-0.15, -0.1) is 0 Å². The summed E-state index contributed by atoms with van der Waals surface area (Å²) in [5.74, 6) is -0.943. The Morgan fingerprint density at radius 1 is 1.24 bits per heavy atom. The first-order chi connectivity index (χ1) is 11.2. The van der Waals surface area contributed by atoms with Crippen LogP contribution in [0.15, 0.2) is 30.3 Å². The lowest BCUT2D eigenvalue weighted by Gasteiger charge is -2.27. The predicted molar refractivity (Wildman–Crippen MR) is 93.6 cm³/mol. The second-order valence-electron chi connectivity index (χ2n) is 7.22. The molecule has 1 fully saturated rings. The number of hydrogen-bond donors (Lipinski definition) is 2. The summed E-state index contributed by atoms with van der Waals surface area (Å²) in [6, 6.07) is 9.58. The standard InChI is InChI=1S/C18H25NO5.H3N/c1-17(2,3)24-16(22)19-10-9-18(12-19,15(20)21)13-23-11-14-7-5-4-6-8-14;/h4-8H,9-13H2,1-3H3,(H,20,21);1H3/t18-;/m1./s1. The Morgan fingerprint density at radius 2 is 1.88 bits per heavy atom. The van der Waals surface area contributed by atoms with Gasteiger partial charge in [0.05, 0.1) is 13.2 Å². The molecule has 1 aromatic carbocycles. The topological polar surface area (TPSA) is 111 Å². The highest BCUT2D eigenvalue weighted by Gasteiger charge is 2.47. The fraction of sp³-hybridized carbons (Fsp3) is 0.556. The van der Waals surface area contributed by atoms with Gasteiger partial charge in [0.25, 0.3) is 0 Å². The van der Waals surface area contributed by atoms with E-state index in [0.717, 1.165) is 5.56 Å². The minimum absolute atomic E-state index is 0. The molecular formula is C18H28N2O5. The molecule has 1 aliphatic heterocycles. The highest BCUT2D eigenvalue weighted by Crippen LogP contribution is 2.32. The van der Waals surface area contributed by atoms with Crippen molar-refractivity contribution in [1.82, 2.24) is 11.1 Å². The molecule has 1 saturated heterocycles. The third-order valence-corrected chi connectivity index (χ3v) is 3.95. The van der Waals surface area contributed by atoms with Crippen LogP contribution < -0.4 is 6.15 Å². The Labute approximate surface area is 148 Å². The molecule has 25 heavy (non-hydrogen) atoms. The number of amides is 1. The fourth-order valence-corrected chi connectivity index (χ4v) is 2.65. The van der Waals surface area contributed by atoms with E-state index in [2.05, 4.69) is 0 Å². The number of hydrogen-bond acceptors (Lipinski definition) is 5. The molecule has 1 atom stereocenters. The Morgan fingerprint density at radius 3 is 2.44 bits per heavy atom. The zero-order valence-electron chi connectivity index (χ0n) is 15.2. The van der Waals surface area contributed by atoms with Crippen molar-refractivity contribution in [3.05, 3.63) is 35.9 Å². The SMILES string of the molecule is CC(C)(C)OC(=O)N1CC[C@@](COCc2ccccc2)(C(=O)O)C1.N. The summed E-state index contributed by atoms with van der Waals surface area (Å²) < 4.78 is 11.0. The largest absolute Gasteiger partial charge is 0.481 e. The number of aliphatic carboxylic acids is 1. The first-order valence-corrected chi connectivity index (χ1v) is 8.05. The van der Waals surface area contributed by atoms with Crippen LogP contribution in [-0.2, 0) is 20.9 Å². The van der Waals surface area contributed by atoms with Crippen molar-refractivity contribution >= 4 is 12.1 Å². The Balaban J connectivity index is 0.00000312. The van der Waals surface area contributed by atoms with E-state index in [1.54, 1.807) is 20.8 Å². The van der Waals surface area contributed by atoms with Crippen molar-refractivity contribution in [3.8, 4) is 0 Å². The van der Waals surface area contributed by atoms with E-state index in [4.69, 9.17) is 9.47 Å². The Kier molecular flexibility index (Phi) is 6.96. The Hall–Kier alpha value is -2.12. The van der Waals surface area contributed by atoms with Gasteiger partial charge in [0.1, 0.15) is 11.0 Å². The van der Waals surface area contributed by atoms with Gasteiger partial charge in [-0.25, -0.2) is 4.79 Å².